The lowest BCUT2D eigenvalue weighted by molar-refractivity contribution is 0.306. The van der Waals surface area contributed by atoms with Crippen molar-refractivity contribution in [1.29, 1.82) is 0 Å². The normalized spacial score (nSPS) is 12.8. The minimum absolute atomic E-state index is 0.551. The molecule has 1 aliphatic rings. The standard InChI is InChI=1S/C61H34N2O3S/c1-2-13-39-36(10-1)33-64-59-41(39)22-25-50-56(59)44-15-3-6-17-48(44)63(50)38-21-28-53-47(32-38)58-54(65-53)29-24-42-46-31-35(20-27-52(46)66-60(42)58)34-11-9-12-37(30-34)62-49-18-7-4-16-45(49)57-51(62)26-23-43-40-14-5-8-19-55(40)67-61(43)57/h1-32H,33H2. The molecule has 0 bridgehead atoms. The lowest BCUT2D eigenvalue weighted by atomic mass is 9.95. The van der Waals surface area contributed by atoms with E-state index >= 15 is 0 Å². The number of nitrogens with zero attached hydrogens (tertiary/aromatic N) is 2. The topological polar surface area (TPSA) is 45.4 Å². The predicted molar refractivity (Wildman–Crippen MR) is 278 cm³/mol. The molecule has 1 aliphatic heterocycles. The van der Waals surface area contributed by atoms with Crippen molar-refractivity contribution in [2.45, 2.75) is 6.61 Å². The first-order chi connectivity index (χ1) is 33.2. The molecule has 5 aromatic heterocycles. The molecule has 0 spiro atoms. The molecule has 5 nitrogen and oxygen atoms in total. The Kier molecular flexibility index (Phi) is 6.95. The molecule has 6 heteroatoms. The van der Waals surface area contributed by atoms with Gasteiger partial charge < -0.3 is 22.7 Å². The number of benzene rings is 10. The maximum atomic E-state index is 6.83. The van der Waals surface area contributed by atoms with Gasteiger partial charge in [0, 0.05) is 69.4 Å². The quantitative estimate of drug-likeness (QED) is 0.178. The molecule has 0 radical (unpaired) electrons. The molecule has 0 fully saturated rings. The maximum Gasteiger partial charge on any atom is 0.147 e. The van der Waals surface area contributed by atoms with Crippen LogP contribution in [-0.4, -0.2) is 9.13 Å². The molecule has 0 aliphatic carbocycles. The van der Waals surface area contributed by atoms with Gasteiger partial charge in [0.05, 0.1) is 32.8 Å². The number of fused-ring (bicyclic) bond motifs is 21. The molecule has 0 saturated carbocycles. The third kappa shape index (κ3) is 4.81. The molecule has 0 N–H and O–H groups in total. The van der Waals surface area contributed by atoms with Crippen LogP contribution in [0.2, 0.25) is 0 Å². The van der Waals surface area contributed by atoms with Crippen LogP contribution in [0.3, 0.4) is 0 Å². The summed E-state index contributed by atoms with van der Waals surface area (Å²) in [5.41, 5.74) is 16.0. The molecule has 6 heterocycles. The highest BCUT2D eigenvalue weighted by molar-refractivity contribution is 7.26. The van der Waals surface area contributed by atoms with Gasteiger partial charge in [0.2, 0.25) is 0 Å². The van der Waals surface area contributed by atoms with Crippen LogP contribution in [0.5, 0.6) is 5.75 Å². The molecule has 0 amide bonds. The minimum atomic E-state index is 0.551. The number of ether oxygens (including phenoxy) is 1. The van der Waals surface area contributed by atoms with Crippen molar-refractivity contribution in [3.05, 3.63) is 200 Å². The van der Waals surface area contributed by atoms with E-state index in [9.17, 15) is 0 Å². The Labute approximate surface area is 385 Å². The molecule has 0 saturated heterocycles. The van der Waals surface area contributed by atoms with E-state index in [1.807, 2.05) is 11.3 Å². The van der Waals surface area contributed by atoms with Crippen LogP contribution >= 0.6 is 11.3 Å². The largest absolute Gasteiger partial charge is 0.487 e. The third-order valence-corrected chi connectivity index (χ3v) is 15.6. The number of para-hydroxylation sites is 2. The second-order valence-electron chi connectivity index (χ2n) is 17.9. The van der Waals surface area contributed by atoms with Crippen LogP contribution in [0, 0.1) is 0 Å². The molecule has 0 unspecified atom stereocenters. The smallest absolute Gasteiger partial charge is 0.147 e. The van der Waals surface area contributed by atoms with Crippen LogP contribution in [0.15, 0.2) is 203 Å². The lowest BCUT2D eigenvalue weighted by Gasteiger charge is -2.21. The number of aromatic nitrogens is 2. The summed E-state index contributed by atoms with van der Waals surface area (Å²) in [7, 11) is 0. The summed E-state index contributed by atoms with van der Waals surface area (Å²) in [4.78, 5) is 0. The van der Waals surface area contributed by atoms with E-state index < -0.39 is 0 Å². The maximum absolute atomic E-state index is 6.83. The Balaban J connectivity index is 0.844. The van der Waals surface area contributed by atoms with E-state index in [-0.39, 0.29) is 0 Å². The molecule has 0 atom stereocenters. The molecular formula is C61H34N2O3S. The lowest BCUT2D eigenvalue weighted by Crippen LogP contribution is -2.05. The van der Waals surface area contributed by atoms with Crippen LogP contribution in [0.25, 0.3) is 141 Å². The monoisotopic (exact) mass is 874 g/mol. The highest BCUT2D eigenvalue weighted by Crippen LogP contribution is 2.48. The van der Waals surface area contributed by atoms with Gasteiger partial charge >= 0.3 is 0 Å². The zero-order valence-corrected chi connectivity index (χ0v) is 36.5. The first-order valence-corrected chi connectivity index (χ1v) is 23.6. The summed E-state index contributed by atoms with van der Waals surface area (Å²) in [6, 6.07) is 70.1. The fourth-order valence-electron chi connectivity index (χ4n) is 11.5. The molecule has 16 rings (SSSR count). The van der Waals surface area contributed by atoms with Gasteiger partial charge in [0.1, 0.15) is 34.7 Å². The number of thiophene rings is 1. The van der Waals surface area contributed by atoms with Crippen molar-refractivity contribution in [3.63, 3.8) is 0 Å². The zero-order chi connectivity index (χ0) is 43.5. The minimum Gasteiger partial charge on any atom is -0.487 e. The van der Waals surface area contributed by atoms with Gasteiger partial charge in [-0.15, -0.1) is 11.3 Å². The first-order valence-electron chi connectivity index (χ1n) is 22.8. The summed E-state index contributed by atoms with van der Waals surface area (Å²) in [5, 5.41) is 11.6. The second-order valence-corrected chi connectivity index (χ2v) is 18.9. The van der Waals surface area contributed by atoms with Crippen molar-refractivity contribution in [1.82, 2.24) is 9.13 Å². The van der Waals surface area contributed by atoms with Gasteiger partial charge in [-0.2, -0.15) is 0 Å². The van der Waals surface area contributed by atoms with Crippen LogP contribution in [0.1, 0.15) is 5.56 Å². The van der Waals surface area contributed by atoms with Gasteiger partial charge in [-0.25, -0.2) is 0 Å². The number of hydrogen-bond donors (Lipinski definition) is 0. The van der Waals surface area contributed by atoms with Gasteiger partial charge in [-0.05, 0) is 113 Å². The second kappa shape index (κ2) is 13.0. The van der Waals surface area contributed by atoms with Gasteiger partial charge in [-0.3, -0.25) is 0 Å². The van der Waals surface area contributed by atoms with Crippen molar-refractivity contribution < 1.29 is 13.6 Å². The van der Waals surface area contributed by atoms with Crippen LogP contribution < -0.4 is 4.74 Å². The van der Waals surface area contributed by atoms with E-state index in [0.717, 1.165) is 99.5 Å². The Morgan fingerprint density at radius 2 is 1.07 bits per heavy atom. The Morgan fingerprint density at radius 3 is 1.97 bits per heavy atom. The highest BCUT2D eigenvalue weighted by atomic mass is 32.1. The third-order valence-electron chi connectivity index (χ3n) is 14.4. The van der Waals surface area contributed by atoms with E-state index in [1.54, 1.807) is 0 Å². The van der Waals surface area contributed by atoms with Crippen LogP contribution in [0.4, 0.5) is 0 Å². The summed E-state index contributed by atoms with van der Waals surface area (Å²) < 4.78 is 27.4. The van der Waals surface area contributed by atoms with E-state index in [1.165, 1.54) is 53.1 Å². The van der Waals surface area contributed by atoms with Gasteiger partial charge in [0.15, 0.2) is 0 Å². The fourth-order valence-corrected chi connectivity index (χ4v) is 12.7. The summed E-state index contributed by atoms with van der Waals surface area (Å²) in [6.45, 7) is 0.551. The number of rotatable bonds is 3. The van der Waals surface area contributed by atoms with Crippen molar-refractivity contribution in [2.75, 3.05) is 0 Å². The van der Waals surface area contributed by atoms with Crippen molar-refractivity contribution in [3.8, 4) is 39.4 Å². The average molecular weight is 875 g/mol. The van der Waals surface area contributed by atoms with E-state index in [4.69, 9.17) is 13.6 Å². The molecule has 67 heavy (non-hydrogen) atoms. The van der Waals surface area contributed by atoms with E-state index in [0.29, 0.717) is 6.61 Å². The van der Waals surface area contributed by atoms with Crippen LogP contribution in [-0.2, 0) is 6.61 Å². The van der Waals surface area contributed by atoms with Crippen molar-refractivity contribution >= 4 is 119 Å². The number of furan rings is 2. The first kappa shape index (κ1) is 35.7. The Hall–Kier alpha value is -8.58. The highest BCUT2D eigenvalue weighted by Gasteiger charge is 2.25. The number of hydrogen-bond acceptors (Lipinski definition) is 4. The molecule has 312 valence electrons. The Morgan fingerprint density at radius 1 is 0.388 bits per heavy atom. The van der Waals surface area contributed by atoms with Crippen molar-refractivity contribution in [2.24, 2.45) is 0 Å². The van der Waals surface area contributed by atoms with E-state index in [2.05, 4.69) is 203 Å². The Bertz CT molecular complexity index is 4650. The summed E-state index contributed by atoms with van der Waals surface area (Å²) in [5.74, 6) is 0.941. The predicted octanol–water partition coefficient (Wildman–Crippen LogP) is 17.3. The summed E-state index contributed by atoms with van der Waals surface area (Å²) >= 11 is 1.89. The van der Waals surface area contributed by atoms with Gasteiger partial charge in [0.25, 0.3) is 0 Å². The zero-order valence-electron chi connectivity index (χ0n) is 35.7. The molecule has 10 aromatic carbocycles. The summed E-state index contributed by atoms with van der Waals surface area (Å²) in [6.07, 6.45) is 0. The molecule has 15 aromatic rings. The van der Waals surface area contributed by atoms with Gasteiger partial charge in [-0.1, -0.05) is 103 Å². The molecular weight excluding hydrogens is 841 g/mol. The SMILES string of the molecule is c1cc(-c2ccc3oc4c(ccc5oc6ccc(-n7c8ccccc8c8c9c(ccc87)-c7ccccc7CO9)cc6c54)c3c2)cc(-n2c3ccccc3c3c4sc5ccccc5c4ccc32)c1. The average Bonchev–Trinajstić information content (AvgIpc) is 4.20. The fraction of sp³-hybridized carbons (Fsp3) is 0.0164.